The van der Waals surface area contributed by atoms with Crippen LogP contribution in [0.3, 0.4) is 0 Å². The molecule has 2 heterocycles. The third-order valence-electron chi connectivity index (χ3n) is 3.85. The Hall–Kier alpha value is -2.11. The normalized spacial score (nSPS) is 15.0. The van der Waals surface area contributed by atoms with E-state index in [1.165, 1.54) is 6.20 Å². The fraction of sp³-hybridized carbons (Fsp3) is 0.333. The molecule has 0 atom stereocenters. The van der Waals surface area contributed by atoms with Gasteiger partial charge in [-0.15, -0.1) is 0 Å². The van der Waals surface area contributed by atoms with Crippen molar-refractivity contribution in [3.05, 3.63) is 58.7 Å². The molecule has 1 saturated heterocycles. The summed E-state index contributed by atoms with van der Waals surface area (Å²) in [4.78, 5) is 16.4. The van der Waals surface area contributed by atoms with Gasteiger partial charge in [-0.2, -0.15) is 0 Å². The van der Waals surface area contributed by atoms with Gasteiger partial charge in [0.05, 0.1) is 18.8 Å². The molecule has 0 unspecified atom stereocenters. The van der Waals surface area contributed by atoms with Crippen molar-refractivity contribution >= 4 is 17.5 Å². The number of ether oxygens (including phenoxy) is 2. The average Bonchev–Trinajstić information content (AvgIpc) is 2.62. The lowest BCUT2D eigenvalue weighted by Crippen LogP contribution is -2.26. The van der Waals surface area contributed by atoms with Gasteiger partial charge in [-0.25, -0.2) is 4.98 Å². The lowest BCUT2D eigenvalue weighted by atomic mass is 10.1. The molecule has 24 heavy (non-hydrogen) atoms. The topological polar surface area (TPSA) is 60.5 Å². The molecule has 1 fully saturated rings. The van der Waals surface area contributed by atoms with Crippen molar-refractivity contribution in [1.29, 1.82) is 0 Å². The zero-order chi connectivity index (χ0) is 16.8. The fourth-order valence-electron chi connectivity index (χ4n) is 2.47. The summed E-state index contributed by atoms with van der Waals surface area (Å²) in [5.74, 6) is 0.338. The van der Waals surface area contributed by atoms with Crippen molar-refractivity contribution in [3.63, 3.8) is 0 Å². The number of pyridine rings is 1. The highest BCUT2D eigenvalue weighted by Crippen LogP contribution is 2.17. The molecule has 2 aromatic rings. The Labute approximate surface area is 145 Å². The summed E-state index contributed by atoms with van der Waals surface area (Å²) in [5, 5.41) is 3.47. The molecule has 1 aliphatic heterocycles. The number of nitrogens with one attached hydrogen (secondary N) is 1. The van der Waals surface area contributed by atoms with Gasteiger partial charge < -0.3 is 14.8 Å². The number of aromatic nitrogens is 1. The van der Waals surface area contributed by atoms with E-state index in [0.29, 0.717) is 36.2 Å². The van der Waals surface area contributed by atoms with Gasteiger partial charge in [0.25, 0.3) is 5.91 Å². The van der Waals surface area contributed by atoms with Crippen LogP contribution in [-0.4, -0.2) is 30.2 Å². The van der Waals surface area contributed by atoms with Crippen molar-refractivity contribution in [2.45, 2.75) is 25.5 Å². The Morgan fingerprint density at radius 1 is 1.25 bits per heavy atom. The van der Waals surface area contributed by atoms with Gasteiger partial charge in [0.2, 0.25) is 5.88 Å². The number of nitrogens with zero attached hydrogens (tertiary/aromatic N) is 1. The van der Waals surface area contributed by atoms with Crippen LogP contribution in [0.4, 0.5) is 0 Å². The molecule has 0 bridgehead atoms. The largest absolute Gasteiger partial charge is 0.474 e. The second-order valence-electron chi connectivity index (χ2n) is 5.59. The van der Waals surface area contributed by atoms with Crippen molar-refractivity contribution in [2.24, 2.45) is 0 Å². The predicted octanol–water partition coefficient (Wildman–Crippen LogP) is 3.22. The van der Waals surface area contributed by atoms with E-state index in [9.17, 15) is 4.79 Å². The van der Waals surface area contributed by atoms with E-state index < -0.39 is 0 Å². The average molecular weight is 347 g/mol. The van der Waals surface area contributed by atoms with Gasteiger partial charge in [0, 0.05) is 36.7 Å². The number of amides is 1. The van der Waals surface area contributed by atoms with E-state index in [4.69, 9.17) is 21.1 Å². The minimum absolute atomic E-state index is 0.131. The molecule has 0 spiro atoms. The van der Waals surface area contributed by atoms with Crippen LogP contribution in [0, 0.1) is 0 Å². The third-order valence-corrected chi connectivity index (χ3v) is 4.22. The summed E-state index contributed by atoms with van der Waals surface area (Å²) in [6.07, 6.45) is 3.38. The zero-order valence-corrected chi connectivity index (χ0v) is 14.0. The number of halogens is 1. The second kappa shape index (κ2) is 8.13. The third kappa shape index (κ3) is 4.46. The molecule has 0 aliphatic carbocycles. The number of rotatable bonds is 5. The maximum atomic E-state index is 12.2. The minimum atomic E-state index is -0.194. The molecule has 0 radical (unpaired) electrons. The maximum Gasteiger partial charge on any atom is 0.253 e. The summed E-state index contributed by atoms with van der Waals surface area (Å²) >= 11 is 6.08. The molecule has 1 aliphatic rings. The SMILES string of the molecule is O=C(NCc1ccccc1Cl)c1ccc(OC2CCOCC2)nc1. The van der Waals surface area contributed by atoms with Gasteiger partial charge in [-0.1, -0.05) is 29.8 Å². The molecule has 126 valence electrons. The highest BCUT2D eigenvalue weighted by Gasteiger charge is 2.16. The number of hydrogen-bond acceptors (Lipinski definition) is 4. The number of hydrogen-bond donors (Lipinski definition) is 1. The molecule has 1 aromatic heterocycles. The summed E-state index contributed by atoms with van der Waals surface area (Å²) in [6, 6.07) is 10.9. The van der Waals surface area contributed by atoms with Gasteiger partial charge >= 0.3 is 0 Å². The van der Waals surface area contributed by atoms with E-state index in [1.807, 2.05) is 18.2 Å². The lowest BCUT2D eigenvalue weighted by molar-refractivity contribution is 0.0237. The van der Waals surface area contributed by atoms with Gasteiger partial charge in [0.1, 0.15) is 6.10 Å². The Kier molecular flexibility index (Phi) is 5.67. The first-order chi connectivity index (χ1) is 11.7. The van der Waals surface area contributed by atoms with E-state index >= 15 is 0 Å². The minimum Gasteiger partial charge on any atom is -0.474 e. The van der Waals surface area contributed by atoms with Gasteiger partial charge in [-0.3, -0.25) is 4.79 Å². The van der Waals surface area contributed by atoms with Crippen LogP contribution in [0.1, 0.15) is 28.8 Å². The number of benzene rings is 1. The maximum absolute atomic E-state index is 12.2. The summed E-state index contributed by atoms with van der Waals surface area (Å²) < 4.78 is 11.1. The van der Waals surface area contributed by atoms with Crippen LogP contribution in [-0.2, 0) is 11.3 Å². The Morgan fingerprint density at radius 2 is 2.04 bits per heavy atom. The highest BCUT2D eigenvalue weighted by atomic mass is 35.5. The lowest BCUT2D eigenvalue weighted by Gasteiger charge is -2.22. The van der Waals surface area contributed by atoms with E-state index in [0.717, 1.165) is 18.4 Å². The van der Waals surface area contributed by atoms with Crippen LogP contribution >= 0.6 is 11.6 Å². The van der Waals surface area contributed by atoms with Crippen LogP contribution in [0.25, 0.3) is 0 Å². The van der Waals surface area contributed by atoms with Crippen molar-refractivity contribution < 1.29 is 14.3 Å². The first-order valence-electron chi connectivity index (χ1n) is 7.94. The van der Waals surface area contributed by atoms with Gasteiger partial charge in [-0.05, 0) is 17.7 Å². The van der Waals surface area contributed by atoms with E-state index in [1.54, 1.807) is 18.2 Å². The Balaban J connectivity index is 1.54. The molecule has 6 heteroatoms. The fourth-order valence-corrected chi connectivity index (χ4v) is 2.67. The molecule has 5 nitrogen and oxygen atoms in total. The summed E-state index contributed by atoms with van der Waals surface area (Å²) in [7, 11) is 0. The molecule has 0 saturated carbocycles. The standard InChI is InChI=1S/C18H19ClN2O3/c19-16-4-2-1-3-13(16)11-21-18(22)14-5-6-17(20-12-14)24-15-7-9-23-10-8-15/h1-6,12,15H,7-11H2,(H,21,22). The number of carbonyl (C=O) groups excluding carboxylic acids is 1. The zero-order valence-electron chi connectivity index (χ0n) is 13.2. The van der Waals surface area contributed by atoms with Crippen LogP contribution < -0.4 is 10.1 Å². The molecular weight excluding hydrogens is 328 g/mol. The van der Waals surface area contributed by atoms with Crippen LogP contribution in [0.5, 0.6) is 5.88 Å². The smallest absolute Gasteiger partial charge is 0.253 e. The molecule has 1 N–H and O–H groups in total. The predicted molar refractivity (Wildman–Crippen MR) is 91.3 cm³/mol. The quantitative estimate of drug-likeness (QED) is 0.903. The van der Waals surface area contributed by atoms with Gasteiger partial charge in [0.15, 0.2) is 0 Å². The molecule has 3 rings (SSSR count). The number of carbonyl (C=O) groups is 1. The second-order valence-corrected chi connectivity index (χ2v) is 6.00. The summed E-state index contributed by atoms with van der Waals surface area (Å²) in [6.45, 7) is 1.80. The molecule has 1 aromatic carbocycles. The molecule has 1 amide bonds. The van der Waals surface area contributed by atoms with Crippen molar-refractivity contribution in [1.82, 2.24) is 10.3 Å². The first-order valence-corrected chi connectivity index (χ1v) is 8.32. The van der Waals surface area contributed by atoms with E-state index in [2.05, 4.69) is 10.3 Å². The summed E-state index contributed by atoms with van der Waals surface area (Å²) in [5.41, 5.74) is 1.36. The Bertz CT molecular complexity index is 685. The monoisotopic (exact) mass is 346 g/mol. The van der Waals surface area contributed by atoms with Crippen LogP contribution in [0.15, 0.2) is 42.6 Å². The van der Waals surface area contributed by atoms with E-state index in [-0.39, 0.29) is 12.0 Å². The van der Waals surface area contributed by atoms with Crippen molar-refractivity contribution in [3.8, 4) is 5.88 Å². The highest BCUT2D eigenvalue weighted by molar-refractivity contribution is 6.31. The van der Waals surface area contributed by atoms with Crippen LogP contribution in [0.2, 0.25) is 5.02 Å². The first kappa shape index (κ1) is 16.7. The van der Waals surface area contributed by atoms with Crippen molar-refractivity contribution in [2.75, 3.05) is 13.2 Å². The molecular formula is C18H19ClN2O3. The Morgan fingerprint density at radius 3 is 2.75 bits per heavy atom.